The molecule has 20 heavy (non-hydrogen) atoms. The minimum absolute atomic E-state index is 0.0157. The van der Waals surface area contributed by atoms with Crippen molar-refractivity contribution in [2.75, 3.05) is 19.5 Å². The van der Waals surface area contributed by atoms with Crippen LogP contribution in [0.25, 0.3) is 0 Å². The van der Waals surface area contributed by atoms with Gasteiger partial charge in [0.2, 0.25) is 0 Å². The molecule has 8 heteroatoms. The van der Waals surface area contributed by atoms with Crippen LogP contribution in [-0.2, 0) is 0 Å². The first kappa shape index (κ1) is 14.0. The number of rotatable bonds is 5. The van der Waals surface area contributed by atoms with E-state index < -0.39 is 5.97 Å². The number of carboxylic acids is 1. The van der Waals surface area contributed by atoms with Crippen LogP contribution in [0.2, 0.25) is 5.02 Å². The molecule has 0 radical (unpaired) electrons. The van der Waals surface area contributed by atoms with Gasteiger partial charge in [-0.25, -0.2) is 4.79 Å². The Morgan fingerprint density at radius 2 is 2.05 bits per heavy atom. The Kier molecular flexibility index (Phi) is 3.99. The molecule has 0 aliphatic rings. The number of nitrogens with one attached hydrogen (secondary N) is 1. The van der Waals surface area contributed by atoms with Crippen molar-refractivity contribution in [2.45, 2.75) is 0 Å². The van der Waals surface area contributed by atoms with Gasteiger partial charge in [0.05, 0.1) is 24.9 Å². The maximum Gasteiger partial charge on any atom is 0.357 e. The van der Waals surface area contributed by atoms with E-state index in [9.17, 15) is 4.79 Å². The van der Waals surface area contributed by atoms with Gasteiger partial charge in [0.25, 0.3) is 6.01 Å². The maximum absolute atomic E-state index is 10.7. The van der Waals surface area contributed by atoms with Gasteiger partial charge in [-0.05, 0) is 6.07 Å². The highest BCUT2D eigenvalue weighted by Crippen LogP contribution is 2.37. The molecule has 106 valence electrons. The molecule has 0 saturated heterocycles. The zero-order valence-corrected chi connectivity index (χ0v) is 11.4. The van der Waals surface area contributed by atoms with Gasteiger partial charge in [-0.2, -0.15) is 4.98 Å². The summed E-state index contributed by atoms with van der Waals surface area (Å²) in [6.45, 7) is 0. The Hall–Kier alpha value is -2.41. The standard InChI is InChI=1S/C12H11ClN2O5/c1-18-9-4-10(19-2)7(3-6(9)13)14-12-15-8(5-20-12)11(16)17/h3-5H,1-2H3,(H,14,15)(H,16,17). The van der Waals surface area contributed by atoms with Gasteiger partial charge in [0.15, 0.2) is 5.69 Å². The minimum atomic E-state index is -1.18. The summed E-state index contributed by atoms with van der Waals surface area (Å²) in [4.78, 5) is 14.5. The molecule has 0 amide bonds. The molecule has 0 aliphatic carbocycles. The van der Waals surface area contributed by atoms with E-state index in [2.05, 4.69) is 10.3 Å². The first-order chi connectivity index (χ1) is 9.55. The second-order valence-electron chi connectivity index (χ2n) is 3.66. The fraction of sp³-hybridized carbons (Fsp3) is 0.167. The molecule has 2 N–H and O–H groups in total. The molecule has 0 atom stereocenters. The third kappa shape index (κ3) is 2.77. The van der Waals surface area contributed by atoms with Crippen molar-refractivity contribution in [3.8, 4) is 11.5 Å². The van der Waals surface area contributed by atoms with Crippen molar-refractivity contribution in [1.29, 1.82) is 0 Å². The Morgan fingerprint density at radius 3 is 2.60 bits per heavy atom. The fourth-order valence-corrected chi connectivity index (χ4v) is 1.74. The van der Waals surface area contributed by atoms with E-state index in [4.69, 9.17) is 30.6 Å². The lowest BCUT2D eigenvalue weighted by atomic mass is 10.2. The number of aromatic carboxylic acids is 1. The number of anilines is 2. The first-order valence-corrected chi connectivity index (χ1v) is 5.80. The number of hydrogen-bond donors (Lipinski definition) is 2. The largest absolute Gasteiger partial charge is 0.495 e. The number of aromatic nitrogens is 1. The molecular weight excluding hydrogens is 288 g/mol. The van der Waals surface area contributed by atoms with Crippen LogP contribution < -0.4 is 14.8 Å². The summed E-state index contributed by atoms with van der Waals surface area (Å²) in [6.07, 6.45) is 1.03. The second kappa shape index (κ2) is 5.70. The molecule has 0 fully saturated rings. The first-order valence-electron chi connectivity index (χ1n) is 5.42. The number of methoxy groups -OCH3 is 2. The van der Waals surface area contributed by atoms with Crippen LogP contribution in [0.4, 0.5) is 11.7 Å². The average molecular weight is 299 g/mol. The van der Waals surface area contributed by atoms with E-state index in [1.54, 1.807) is 12.1 Å². The normalized spacial score (nSPS) is 10.2. The molecule has 2 aromatic rings. The molecule has 0 saturated carbocycles. The third-order valence-electron chi connectivity index (χ3n) is 2.44. The molecule has 1 aromatic carbocycles. The summed E-state index contributed by atoms with van der Waals surface area (Å²) in [6, 6.07) is 3.16. The zero-order valence-electron chi connectivity index (χ0n) is 10.6. The number of oxazole rings is 1. The number of halogens is 1. The molecule has 0 aliphatic heterocycles. The van der Waals surface area contributed by atoms with E-state index in [1.807, 2.05) is 0 Å². The summed E-state index contributed by atoms with van der Waals surface area (Å²) in [5.74, 6) is -0.282. The molecule has 7 nitrogen and oxygen atoms in total. The van der Waals surface area contributed by atoms with E-state index in [0.717, 1.165) is 6.26 Å². The topological polar surface area (TPSA) is 93.8 Å². The van der Waals surface area contributed by atoms with Gasteiger partial charge in [-0.3, -0.25) is 0 Å². The summed E-state index contributed by atoms with van der Waals surface area (Å²) in [7, 11) is 2.97. The highest BCUT2D eigenvalue weighted by Gasteiger charge is 2.14. The van der Waals surface area contributed by atoms with Gasteiger partial charge in [0, 0.05) is 6.07 Å². The summed E-state index contributed by atoms with van der Waals surface area (Å²) >= 11 is 6.01. The summed E-state index contributed by atoms with van der Waals surface area (Å²) in [5.41, 5.74) is 0.267. The molecule has 2 rings (SSSR count). The summed E-state index contributed by atoms with van der Waals surface area (Å²) < 4.78 is 15.2. The number of benzene rings is 1. The number of carbonyl (C=O) groups is 1. The van der Waals surface area contributed by atoms with Gasteiger partial charge >= 0.3 is 5.97 Å². The van der Waals surface area contributed by atoms with Crippen molar-refractivity contribution in [1.82, 2.24) is 4.98 Å². The Balaban J connectivity index is 2.32. The Bertz CT molecular complexity index is 641. The lowest BCUT2D eigenvalue weighted by Gasteiger charge is -2.11. The molecule has 0 bridgehead atoms. The van der Waals surface area contributed by atoms with Crippen LogP contribution in [0.1, 0.15) is 10.5 Å². The van der Waals surface area contributed by atoms with E-state index in [1.165, 1.54) is 14.2 Å². The van der Waals surface area contributed by atoms with Crippen molar-refractivity contribution < 1.29 is 23.8 Å². The maximum atomic E-state index is 10.7. The van der Waals surface area contributed by atoms with Crippen LogP contribution in [-0.4, -0.2) is 30.3 Å². The lowest BCUT2D eigenvalue weighted by molar-refractivity contribution is 0.0690. The van der Waals surface area contributed by atoms with Gasteiger partial charge < -0.3 is 24.3 Å². The van der Waals surface area contributed by atoms with Crippen LogP contribution in [0.3, 0.4) is 0 Å². The van der Waals surface area contributed by atoms with Gasteiger partial charge in [-0.1, -0.05) is 11.6 Å². The van der Waals surface area contributed by atoms with Crippen molar-refractivity contribution in [2.24, 2.45) is 0 Å². The van der Waals surface area contributed by atoms with Crippen LogP contribution in [0.15, 0.2) is 22.8 Å². The average Bonchev–Trinajstić information content (AvgIpc) is 2.88. The van der Waals surface area contributed by atoms with Crippen LogP contribution in [0.5, 0.6) is 11.5 Å². The molecule has 0 unspecified atom stereocenters. The van der Waals surface area contributed by atoms with Crippen molar-refractivity contribution in [3.05, 3.63) is 29.1 Å². The van der Waals surface area contributed by atoms with Crippen molar-refractivity contribution in [3.63, 3.8) is 0 Å². The Morgan fingerprint density at radius 1 is 1.35 bits per heavy atom. The van der Waals surface area contributed by atoms with E-state index >= 15 is 0 Å². The number of ether oxygens (including phenoxy) is 2. The molecule has 0 spiro atoms. The monoisotopic (exact) mass is 298 g/mol. The number of nitrogens with zero attached hydrogens (tertiary/aromatic N) is 1. The predicted molar refractivity (Wildman–Crippen MR) is 71.3 cm³/mol. The third-order valence-corrected chi connectivity index (χ3v) is 2.73. The smallest absolute Gasteiger partial charge is 0.357 e. The van der Waals surface area contributed by atoms with Crippen LogP contribution in [0, 0.1) is 0 Å². The molecular formula is C12H11ClN2O5. The van der Waals surface area contributed by atoms with E-state index in [-0.39, 0.29) is 11.7 Å². The van der Waals surface area contributed by atoms with Crippen LogP contribution >= 0.6 is 11.6 Å². The Labute approximate surface area is 119 Å². The lowest BCUT2D eigenvalue weighted by Crippen LogP contribution is -1.99. The van der Waals surface area contributed by atoms with Gasteiger partial charge in [0.1, 0.15) is 17.8 Å². The highest BCUT2D eigenvalue weighted by molar-refractivity contribution is 6.32. The minimum Gasteiger partial charge on any atom is -0.495 e. The molecule has 1 heterocycles. The fourth-order valence-electron chi connectivity index (χ4n) is 1.50. The highest BCUT2D eigenvalue weighted by atomic mass is 35.5. The summed E-state index contributed by atoms with van der Waals surface area (Å²) in [5, 5.41) is 11.9. The van der Waals surface area contributed by atoms with Crippen molar-refractivity contribution >= 4 is 29.3 Å². The molecule has 1 aromatic heterocycles. The SMILES string of the molecule is COc1cc(OC)c(Nc2nc(C(=O)O)co2)cc1Cl. The zero-order chi connectivity index (χ0) is 14.7. The van der Waals surface area contributed by atoms with Gasteiger partial charge in [-0.15, -0.1) is 0 Å². The predicted octanol–water partition coefficient (Wildman–Crippen LogP) is 2.79. The number of hydrogen-bond acceptors (Lipinski definition) is 6. The van der Waals surface area contributed by atoms with E-state index in [0.29, 0.717) is 22.2 Å². The number of carboxylic acid groups (broad SMARTS) is 1. The second-order valence-corrected chi connectivity index (χ2v) is 4.06. The quantitative estimate of drug-likeness (QED) is 0.876.